The molecule has 1 atom stereocenters. The molecule has 0 fully saturated rings. The largest absolute Gasteiger partial charge is 0.326 e. The fourth-order valence-corrected chi connectivity index (χ4v) is 2.62. The molecule has 0 bridgehead atoms. The lowest BCUT2D eigenvalue weighted by Gasteiger charge is -2.09. The van der Waals surface area contributed by atoms with Gasteiger partial charge >= 0.3 is 0 Å². The van der Waals surface area contributed by atoms with Crippen molar-refractivity contribution >= 4 is 41.1 Å². The van der Waals surface area contributed by atoms with E-state index in [0.29, 0.717) is 10.7 Å². The molecule has 24 heavy (non-hydrogen) atoms. The molecule has 1 N–H and O–H groups in total. The van der Waals surface area contributed by atoms with Crippen LogP contribution < -0.4 is 5.32 Å². The third-order valence-corrected chi connectivity index (χ3v) is 3.78. The molecule has 1 amide bonds. The molecule has 0 radical (unpaired) electrons. The van der Waals surface area contributed by atoms with Crippen molar-refractivity contribution < 1.29 is 14.5 Å². The number of hydrogen-bond donors (Lipinski definition) is 1. The second kappa shape index (κ2) is 7.90. The number of halogens is 2. The molecular weight excluding hydrogens is 355 g/mol. The minimum absolute atomic E-state index is 0.0318. The van der Waals surface area contributed by atoms with Gasteiger partial charge in [0.05, 0.1) is 17.0 Å². The quantitative estimate of drug-likeness (QED) is 0.479. The maximum atomic E-state index is 12.0. The van der Waals surface area contributed by atoms with E-state index in [1.165, 1.54) is 18.2 Å². The number of carbonyl (C=O) groups excluding carboxylic acids is 2. The van der Waals surface area contributed by atoms with Gasteiger partial charge in [0.1, 0.15) is 0 Å². The zero-order valence-electron chi connectivity index (χ0n) is 12.2. The summed E-state index contributed by atoms with van der Waals surface area (Å²) in [7, 11) is 0. The Labute approximate surface area is 147 Å². The molecule has 6 nitrogen and oxygen atoms in total. The van der Waals surface area contributed by atoms with Crippen molar-refractivity contribution in [1.82, 2.24) is 0 Å². The Morgan fingerprint density at radius 2 is 2.00 bits per heavy atom. The van der Waals surface area contributed by atoms with Crippen LogP contribution >= 0.6 is 23.2 Å². The van der Waals surface area contributed by atoms with Crippen LogP contribution in [0.15, 0.2) is 42.5 Å². The standard InChI is InChI=1S/C16H12Cl2N2O4/c17-11-3-1-2-10(6-11)7-16(22)19-12-4-5-13(14(18)8-12)15(9-21)20(23)24/h1-6,8-9,15H,7H2,(H,19,22). The van der Waals surface area contributed by atoms with Gasteiger partial charge in [-0.1, -0.05) is 35.3 Å². The summed E-state index contributed by atoms with van der Waals surface area (Å²) in [5.41, 5.74) is 1.20. The summed E-state index contributed by atoms with van der Waals surface area (Å²) in [5.74, 6) is -0.290. The number of rotatable bonds is 6. The Morgan fingerprint density at radius 1 is 1.25 bits per heavy atom. The third-order valence-electron chi connectivity index (χ3n) is 3.21. The van der Waals surface area contributed by atoms with Crippen molar-refractivity contribution in [2.75, 3.05) is 5.32 Å². The smallest absolute Gasteiger partial charge is 0.293 e. The summed E-state index contributed by atoms with van der Waals surface area (Å²) in [6.07, 6.45) is 0.324. The predicted octanol–water partition coefficient (Wildman–Crippen LogP) is 3.69. The topological polar surface area (TPSA) is 89.3 Å². The number of amides is 1. The van der Waals surface area contributed by atoms with Gasteiger partial charge in [0.15, 0.2) is 6.29 Å². The average Bonchev–Trinajstić information content (AvgIpc) is 2.49. The van der Waals surface area contributed by atoms with Gasteiger partial charge in [0.2, 0.25) is 5.91 Å². The minimum atomic E-state index is -1.53. The number of benzene rings is 2. The second-order valence-electron chi connectivity index (χ2n) is 4.96. The first-order valence-corrected chi connectivity index (χ1v) is 7.59. The number of anilines is 1. The van der Waals surface area contributed by atoms with E-state index < -0.39 is 11.0 Å². The molecule has 1 unspecified atom stereocenters. The highest BCUT2D eigenvalue weighted by Gasteiger charge is 2.24. The van der Waals surface area contributed by atoms with Crippen LogP contribution in [-0.4, -0.2) is 17.1 Å². The van der Waals surface area contributed by atoms with E-state index in [1.807, 2.05) is 0 Å². The van der Waals surface area contributed by atoms with Gasteiger partial charge in [-0.15, -0.1) is 0 Å². The zero-order chi connectivity index (χ0) is 17.7. The van der Waals surface area contributed by atoms with Crippen molar-refractivity contribution in [1.29, 1.82) is 0 Å². The highest BCUT2D eigenvalue weighted by molar-refractivity contribution is 6.32. The van der Waals surface area contributed by atoms with Crippen LogP contribution in [0.5, 0.6) is 0 Å². The van der Waals surface area contributed by atoms with Gasteiger partial charge < -0.3 is 5.32 Å². The summed E-state index contributed by atoms with van der Waals surface area (Å²) >= 11 is 11.8. The number of hydrogen-bond acceptors (Lipinski definition) is 4. The highest BCUT2D eigenvalue weighted by Crippen LogP contribution is 2.27. The third kappa shape index (κ3) is 4.53. The molecule has 2 aromatic rings. The second-order valence-corrected chi connectivity index (χ2v) is 5.80. The zero-order valence-corrected chi connectivity index (χ0v) is 13.8. The van der Waals surface area contributed by atoms with Crippen molar-refractivity contribution in [3.63, 3.8) is 0 Å². The molecule has 124 valence electrons. The fourth-order valence-electron chi connectivity index (χ4n) is 2.12. The van der Waals surface area contributed by atoms with Crippen LogP contribution in [0, 0.1) is 10.1 Å². The molecule has 0 aromatic heterocycles. The monoisotopic (exact) mass is 366 g/mol. The van der Waals surface area contributed by atoms with Crippen molar-refractivity contribution in [2.45, 2.75) is 12.5 Å². The fraction of sp³-hybridized carbons (Fsp3) is 0.125. The van der Waals surface area contributed by atoms with Crippen LogP contribution in [-0.2, 0) is 16.0 Å². The van der Waals surface area contributed by atoms with Crippen LogP contribution in [0.1, 0.15) is 17.2 Å². The van der Waals surface area contributed by atoms with Crippen LogP contribution in [0.4, 0.5) is 5.69 Å². The lowest BCUT2D eigenvalue weighted by Crippen LogP contribution is -2.15. The first kappa shape index (κ1) is 17.9. The lowest BCUT2D eigenvalue weighted by atomic mass is 10.1. The normalized spacial score (nSPS) is 11.6. The Bertz CT molecular complexity index is 795. The van der Waals surface area contributed by atoms with Gasteiger partial charge in [-0.3, -0.25) is 19.7 Å². The van der Waals surface area contributed by atoms with Crippen molar-refractivity contribution in [3.8, 4) is 0 Å². The molecule has 0 saturated heterocycles. The molecule has 2 rings (SSSR count). The maximum Gasteiger partial charge on any atom is 0.293 e. The molecule has 0 saturated carbocycles. The van der Waals surface area contributed by atoms with Crippen LogP contribution in [0.25, 0.3) is 0 Å². The van der Waals surface area contributed by atoms with Crippen LogP contribution in [0.2, 0.25) is 10.0 Å². The van der Waals surface area contributed by atoms with Gasteiger partial charge in [-0.05, 0) is 35.9 Å². The number of carbonyl (C=O) groups is 2. The predicted molar refractivity (Wildman–Crippen MR) is 91.0 cm³/mol. The Morgan fingerprint density at radius 3 is 2.58 bits per heavy atom. The summed E-state index contributed by atoms with van der Waals surface area (Å²) in [5, 5.41) is 14.0. The summed E-state index contributed by atoms with van der Waals surface area (Å²) in [4.78, 5) is 32.9. The molecular formula is C16H12Cl2N2O4. The van der Waals surface area contributed by atoms with Gasteiger partial charge in [0, 0.05) is 15.6 Å². The van der Waals surface area contributed by atoms with E-state index in [1.54, 1.807) is 24.3 Å². The maximum absolute atomic E-state index is 12.0. The molecule has 0 aliphatic rings. The average molecular weight is 367 g/mol. The molecule has 0 heterocycles. The van der Waals surface area contributed by atoms with E-state index >= 15 is 0 Å². The molecule has 0 aliphatic carbocycles. The van der Waals surface area contributed by atoms with E-state index in [0.717, 1.165) is 5.56 Å². The van der Waals surface area contributed by atoms with Crippen molar-refractivity contribution in [3.05, 3.63) is 73.8 Å². The SMILES string of the molecule is O=CC(c1ccc(NC(=O)Cc2cccc(Cl)c2)cc1Cl)[N+](=O)[O-]. The Balaban J connectivity index is 2.10. The molecule has 2 aromatic carbocycles. The van der Waals surface area contributed by atoms with Gasteiger partial charge in [0.25, 0.3) is 6.04 Å². The first-order valence-electron chi connectivity index (χ1n) is 6.83. The summed E-state index contributed by atoms with van der Waals surface area (Å²) < 4.78 is 0. The molecule has 0 aliphatic heterocycles. The van der Waals surface area contributed by atoms with Crippen molar-refractivity contribution in [2.24, 2.45) is 0 Å². The number of nitrogens with one attached hydrogen (secondary N) is 1. The lowest BCUT2D eigenvalue weighted by molar-refractivity contribution is -0.511. The highest BCUT2D eigenvalue weighted by atomic mass is 35.5. The summed E-state index contributed by atoms with van der Waals surface area (Å²) in [6, 6.07) is 9.54. The molecule has 8 heteroatoms. The van der Waals surface area contributed by atoms with E-state index in [-0.39, 0.29) is 29.2 Å². The van der Waals surface area contributed by atoms with Crippen LogP contribution in [0.3, 0.4) is 0 Å². The van der Waals surface area contributed by atoms with E-state index in [2.05, 4.69) is 5.32 Å². The van der Waals surface area contributed by atoms with Gasteiger partial charge in [-0.25, -0.2) is 0 Å². The van der Waals surface area contributed by atoms with Gasteiger partial charge in [-0.2, -0.15) is 0 Å². The van der Waals surface area contributed by atoms with E-state index in [9.17, 15) is 19.7 Å². The Hall–Kier alpha value is -2.44. The minimum Gasteiger partial charge on any atom is -0.326 e. The number of nitro groups is 1. The number of aldehydes is 1. The van der Waals surface area contributed by atoms with E-state index in [4.69, 9.17) is 23.2 Å². The Kier molecular flexibility index (Phi) is 5.89. The first-order chi connectivity index (χ1) is 11.4. The molecule has 0 spiro atoms. The number of nitrogens with zero attached hydrogens (tertiary/aromatic N) is 1. The summed E-state index contributed by atoms with van der Waals surface area (Å²) in [6.45, 7) is 0.